The van der Waals surface area contributed by atoms with E-state index in [0.717, 1.165) is 18.5 Å². The molecule has 2 amide bonds. The SMILES string of the molecule is C[C@H](NC(=O)c1cc(Cl)cc(C(F)(F)Cl)c1)c1ncnn1-c1cc(C(N)=O)ncn1. The first-order valence-corrected chi connectivity index (χ1v) is 9.02. The normalized spacial score (nSPS) is 12.4. The van der Waals surface area contributed by atoms with Crippen LogP contribution in [0.3, 0.4) is 0 Å². The number of nitrogens with one attached hydrogen (secondary N) is 1. The van der Waals surface area contributed by atoms with Gasteiger partial charge in [-0.25, -0.2) is 15.0 Å². The molecule has 1 atom stereocenters. The number of hydrogen-bond donors (Lipinski definition) is 2. The summed E-state index contributed by atoms with van der Waals surface area (Å²) in [5, 5.41) is 2.87. The number of rotatable bonds is 6. The molecule has 13 heteroatoms. The van der Waals surface area contributed by atoms with Gasteiger partial charge in [0.25, 0.3) is 11.8 Å². The molecule has 0 radical (unpaired) electrons. The molecule has 156 valence electrons. The summed E-state index contributed by atoms with van der Waals surface area (Å²) in [6.07, 6.45) is 2.35. The Kier molecular flexibility index (Phi) is 5.94. The van der Waals surface area contributed by atoms with E-state index in [1.54, 1.807) is 6.92 Å². The number of aromatic nitrogens is 5. The lowest BCUT2D eigenvalue weighted by atomic mass is 10.1. The van der Waals surface area contributed by atoms with Crippen LogP contribution < -0.4 is 11.1 Å². The van der Waals surface area contributed by atoms with Gasteiger partial charge in [0.1, 0.15) is 18.3 Å². The first-order valence-electron chi connectivity index (χ1n) is 8.27. The molecule has 0 unspecified atom stereocenters. The molecule has 0 saturated heterocycles. The summed E-state index contributed by atoms with van der Waals surface area (Å²) in [6, 6.07) is 3.71. The Labute approximate surface area is 178 Å². The van der Waals surface area contributed by atoms with Gasteiger partial charge in [0.05, 0.1) is 6.04 Å². The molecule has 1 aromatic carbocycles. The predicted octanol–water partition coefficient (Wildman–Crippen LogP) is 2.59. The van der Waals surface area contributed by atoms with Crippen LogP contribution in [0.25, 0.3) is 5.82 Å². The number of carbonyl (C=O) groups excluding carboxylic acids is 2. The quantitative estimate of drug-likeness (QED) is 0.549. The molecule has 9 nitrogen and oxygen atoms in total. The zero-order valence-electron chi connectivity index (χ0n) is 15.2. The van der Waals surface area contributed by atoms with E-state index in [2.05, 4.69) is 25.4 Å². The number of nitrogens with two attached hydrogens (primary N) is 1. The first kappa shape index (κ1) is 21.5. The number of carbonyl (C=O) groups is 2. The van der Waals surface area contributed by atoms with Gasteiger partial charge >= 0.3 is 5.38 Å². The van der Waals surface area contributed by atoms with Crippen molar-refractivity contribution in [3.8, 4) is 5.82 Å². The number of hydrogen-bond acceptors (Lipinski definition) is 6. The van der Waals surface area contributed by atoms with Gasteiger partial charge in [-0.3, -0.25) is 9.59 Å². The standard InChI is InChI=1S/C17H13Cl2F2N7O2/c1-8(27-16(30)9-2-10(17(19,20)21)4-11(18)3-9)15-25-7-26-28(15)13-5-12(14(22)29)23-6-24-13/h2-8H,1H3,(H2,22,29)(H,27,30)/t8-/m0/s1. The molecule has 0 saturated carbocycles. The fraction of sp³-hybridized carbons (Fsp3) is 0.176. The number of halogens is 4. The summed E-state index contributed by atoms with van der Waals surface area (Å²) in [6.45, 7) is 1.59. The van der Waals surface area contributed by atoms with Crippen LogP contribution in [0.4, 0.5) is 8.78 Å². The maximum absolute atomic E-state index is 13.4. The van der Waals surface area contributed by atoms with Crippen molar-refractivity contribution in [2.24, 2.45) is 5.73 Å². The van der Waals surface area contributed by atoms with Crippen LogP contribution in [0.1, 0.15) is 45.2 Å². The smallest absolute Gasteiger partial charge is 0.348 e. The van der Waals surface area contributed by atoms with Crippen molar-refractivity contribution >= 4 is 35.0 Å². The highest BCUT2D eigenvalue weighted by atomic mass is 35.5. The fourth-order valence-electron chi connectivity index (χ4n) is 2.55. The lowest BCUT2D eigenvalue weighted by Crippen LogP contribution is -2.29. The third kappa shape index (κ3) is 4.69. The van der Waals surface area contributed by atoms with Crippen LogP contribution in [-0.2, 0) is 5.38 Å². The molecule has 0 aliphatic heterocycles. The van der Waals surface area contributed by atoms with E-state index in [0.29, 0.717) is 0 Å². The van der Waals surface area contributed by atoms with Gasteiger partial charge in [-0.2, -0.15) is 18.6 Å². The number of primary amides is 1. The molecule has 0 aliphatic carbocycles. The van der Waals surface area contributed by atoms with E-state index >= 15 is 0 Å². The van der Waals surface area contributed by atoms with Crippen LogP contribution in [0.2, 0.25) is 5.02 Å². The van der Waals surface area contributed by atoms with Crippen molar-refractivity contribution < 1.29 is 18.4 Å². The molecular weight excluding hydrogens is 443 g/mol. The number of alkyl halides is 3. The second kappa shape index (κ2) is 8.28. The minimum atomic E-state index is -3.68. The number of benzene rings is 1. The summed E-state index contributed by atoms with van der Waals surface area (Å²) in [5.74, 6) is -1.00. The molecule has 3 aromatic rings. The molecule has 0 fully saturated rings. The maximum atomic E-state index is 13.4. The largest absolute Gasteiger partial charge is 0.364 e. The van der Waals surface area contributed by atoms with Crippen molar-refractivity contribution in [2.45, 2.75) is 18.3 Å². The molecule has 30 heavy (non-hydrogen) atoms. The summed E-state index contributed by atoms with van der Waals surface area (Å²) < 4.78 is 28.1. The Morgan fingerprint density at radius 3 is 2.57 bits per heavy atom. The number of amides is 2. The lowest BCUT2D eigenvalue weighted by molar-refractivity contribution is 0.0924. The van der Waals surface area contributed by atoms with Gasteiger partial charge in [0, 0.05) is 22.2 Å². The predicted molar refractivity (Wildman–Crippen MR) is 103 cm³/mol. The molecule has 0 bridgehead atoms. The van der Waals surface area contributed by atoms with E-state index in [4.69, 9.17) is 28.9 Å². The zero-order valence-corrected chi connectivity index (χ0v) is 16.7. The summed E-state index contributed by atoms with van der Waals surface area (Å²) in [4.78, 5) is 35.7. The van der Waals surface area contributed by atoms with Crippen molar-refractivity contribution in [3.63, 3.8) is 0 Å². The lowest BCUT2D eigenvalue weighted by Gasteiger charge is -2.16. The summed E-state index contributed by atoms with van der Waals surface area (Å²) in [7, 11) is 0. The molecule has 0 aliphatic rings. The second-order valence-corrected chi connectivity index (χ2v) is 6.99. The first-order chi connectivity index (χ1) is 14.1. The summed E-state index contributed by atoms with van der Waals surface area (Å²) >= 11 is 10.9. The molecular formula is C17H13Cl2F2N7O2. The monoisotopic (exact) mass is 455 g/mol. The van der Waals surface area contributed by atoms with Crippen LogP contribution >= 0.6 is 23.2 Å². The molecule has 3 rings (SSSR count). The Bertz CT molecular complexity index is 1120. The van der Waals surface area contributed by atoms with Crippen molar-refractivity contribution in [3.05, 3.63) is 64.6 Å². The van der Waals surface area contributed by atoms with Gasteiger partial charge in [0.2, 0.25) is 0 Å². The third-order valence-electron chi connectivity index (χ3n) is 3.92. The summed E-state index contributed by atoms with van der Waals surface area (Å²) in [5.41, 5.74) is 4.45. The Balaban J connectivity index is 1.86. The van der Waals surface area contributed by atoms with Gasteiger partial charge in [0.15, 0.2) is 11.6 Å². The Morgan fingerprint density at radius 1 is 1.17 bits per heavy atom. The third-order valence-corrected chi connectivity index (χ3v) is 4.35. The van der Waals surface area contributed by atoms with Crippen molar-refractivity contribution in [2.75, 3.05) is 0 Å². The Hall–Kier alpha value is -3.18. The van der Waals surface area contributed by atoms with Gasteiger partial charge in [-0.15, -0.1) is 0 Å². The Morgan fingerprint density at radius 2 is 1.90 bits per heavy atom. The molecule has 2 heterocycles. The highest BCUT2D eigenvalue weighted by Crippen LogP contribution is 2.34. The van der Waals surface area contributed by atoms with Crippen LogP contribution in [0.15, 0.2) is 36.9 Å². The van der Waals surface area contributed by atoms with Crippen molar-refractivity contribution in [1.29, 1.82) is 0 Å². The topological polar surface area (TPSA) is 129 Å². The van der Waals surface area contributed by atoms with E-state index < -0.39 is 28.8 Å². The highest BCUT2D eigenvalue weighted by molar-refractivity contribution is 6.31. The van der Waals surface area contributed by atoms with E-state index in [1.165, 1.54) is 23.1 Å². The van der Waals surface area contributed by atoms with Gasteiger partial charge < -0.3 is 11.1 Å². The fourth-order valence-corrected chi connectivity index (χ4v) is 2.89. The molecule has 3 N–H and O–H groups in total. The number of nitrogens with zero attached hydrogens (tertiary/aromatic N) is 5. The van der Waals surface area contributed by atoms with Crippen molar-refractivity contribution in [1.82, 2.24) is 30.0 Å². The highest BCUT2D eigenvalue weighted by Gasteiger charge is 2.29. The van der Waals surface area contributed by atoms with Crippen LogP contribution in [0, 0.1) is 0 Å². The average Bonchev–Trinajstić information content (AvgIpc) is 3.17. The second-order valence-electron chi connectivity index (χ2n) is 6.08. The minimum absolute atomic E-state index is 0.0356. The van der Waals surface area contributed by atoms with Gasteiger partial charge in [-0.1, -0.05) is 11.6 Å². The average molecular weight is 456 g/mol. The van der Waals surface area contributed by atoms with Gasteiger partial charge in [-0.05, 0) is 36.7 Å². The van der Waals surface area contributed by atoms with E-state index in [1.807, 2.05) is 0 Å². The minimum Gasteiger partial charge on any atom is -0.364 e. The van der Waals surface area contributed by atoms with Crippen LogP contribution in [-0.4, -0.2) is 36.5 Å². The van der Waals surface area contributed by atoms with Crippen LogP contribution in [0.5, 0.6) is 0 Å². The maximum Gasteiger partial charge on any atom is 0.348 e. The zero-order chi connectivity index (χ0) is 22.1. The molecule has 2 aromatic heterocycles. The molecule has 0 spiro atoms. The van der Waals surface area contributed by atoms with E-state index in [-0.39, 0.29) is 27.9 Å². The van der Waals surface area contributed by atoms with E-state index in [9.17, 15) is 18.4 Å².